The summed E-state index contributed by atoms with van der Waals surface area (Å²) in [4.78, 5) is 16.6. The fourth-order valence-electron chi connectivity index (χ4n) is 3.96. The zero-order valence-corrected chi connectivity index (χ0v) is 21.4. The number of methoxy groups -OCH3 is 1. The van der Waals surface area contributed by atoms with Crippen molar-refractivity contribution in [2.75, 3.05) is 13.7 Å². The molecule has 0 saturated carbocycles. The molecule has 4 rings (SSSR count). The van der Waals surface area contributed by atoms with Gasteiger partial charge in [-0.05, 0) is 77.7 Å². The third-order valence-electron chi connectivity index (χ3n) is 5.58. The molecule has 0 spiro atoms. The van der Waals surface area contributed by atoms with Crippen LogP contribution >= 0.6 is 31.9 Å². The largest absolute Gasteiger partial charge is 0.496 e. The van der Waals surface area contributed by atoms with E-state index in [9.17, 15) is 13.6 Å². The lowest BCUT2D eigenvalue weighted by Crippen LogP contribution is -2.29. The van der Waals surface area contributed by atoms with Crippen LogP contribution < -0.4 is 10.1 Å². The lowest BCUT2D eigenvalue weighted by Gasteiger charge is -2.26. The van der Waals surface area contributed by atoms with Crippen molar-refractivity contribution in [1.29, 1.82) is 0 Å². The first-order valence-corrected chi connectivity index (χ1v) is 11.8. The first-order valence-electron chi connectivity index (χ1n) is 10.3. The minimum Gasteiger partial charge on any atom is -0.496 e. The summed E-state index contributed by atoms with van der Waals surface area (Å²) in [6.45, 7) is 1.97. The third kappa shape index (κ3) is 4.86. The summed E-state index contributed by atoms with van der Waals surface area (Å²) in [5.74, 6) is -0.209. The van der Waals surface area contributed by atoms with Crippen LogP contribution in [-0.4, -0.2) is 26.0 Å². The Morgan fingerprint density at radius 3 is 2.38 bits per heavy atom. The van der Waals surface area contributed by atoms with Gasteiger partial charge >= 0.3 is 0 Å². The standard InChI is InChI=1S/C25H20Br2F2N2O3/c1-14-5-16(3-4-23(14)33-2)25(17-8-19(27)11-21(29)9-17)13-34-24(31-25)30-22(12-32)15-6-18(26)10-20(28)7-15/h3-12,22H,13H2,1-2H3,(H,30,31). The van der Waals surface area contributed by atoms with Crippen molar-refractivity contribution in [2.24, 2.45) is 4.99 Å². The van der Waals surface area contributed by atoms with E-state index in [0.29, 0.717) is 32.1 Å². The second kappa shape index (κ2) is 9.84. The van der Waals surface area contributed by atoms with E-state index in [2.05, 4.69) is 37.2 Å². The number of halogens is 4. The Labute approximate surface area is 212 Å². The Balaban J connectivity index is 1.79. The van der Waals surface area contributed by atoms with Crippen molar-refractivity contribution >= 4 is 44.2 Å². The molecule has 0 aliphatic carbocycles. The Hall–Kier alpha value is -2.78. The van der Waals surface area contributed by atoms with Gasteiger partial charge in [0.2, 0.25) is 0 Å². The number of aryl methyl sites for hydroxylation is 1. The first kappa shape index (κ1) is 24.3. The molecule has 0 fully saturated rings. The van der Waals surface area contributed by atoms with Crippen molar-refractivity contribution in [2.45, 2.75) is 18.5 Å². The predicted molar refractivity (Wildman–Crippen MR) is 132 cm³/mol. The monoisotopic (exact) mass is 592 g/mol. The molecule has 2 atom stereocenters. The van der Waals surface area contributed by atoms with Gasteiger partial charge in [-0.25, -0.2) is 13.8 Å². The maximum absolute atomic E-state index is 14.4. The number of nitrogens with zero attached hydrogens (tertiary/aromatic N) is 1. The fraction of sp³-hybridized carbons (Fsp3) is 0.200. The molecule has 1 N–H and O–H groups in total. The zero-order chi connectivity index (χ0) is 24.5. The first-order chi connectivity index (χ1) is 16.2. The molecule has 0 bridgehead atoms. The lowest BCUT2D eigenvalue weighted by atomic mass is 9.83. The highest BCUT2D eigenvalue weighted by molar-refractivity contribution is 9.10. The quantitative estimate of drug-likeness (QED) is 0.358. The van der Waals surface area contributed by atoms with E-state index >= 15 is 0 Å². The molecular weight excluding hydrogens is 574 g/mol. The van der Waals surface area contributed by atoms with E-state index in [4.69, 9.17) is 14.5 Å². The molecule has 5 nitrogen and oxygen atoms in total. The topological polar surface area (TPSA) is 59.9 Å². The number of carbonyl (C=O) groups excluding carboxylic acids is 1. The van der Waals surface area contributed by atoms with E-state index in [1.807, 2.05) is 25.1 Å². The van der Waals surface area contributed by atoms with Gasteiger partial charge in [-0.2, -0.15) is 0 Å². The molecule has 0 aromatic heterocycles. The fourth-order valence-corrected chi connectivity index (χ4v) is 4.91. The molecule has 1 heterocycles. The van der Waals surface area contributed by atoms with Gasteiger partial charge in [0, 0.05) is 8.95 Å². The number of amidine groups is 1. The maximum Gasteiger partial charge on any atom is 0.286 e. The molecule has 0 saturated heterocycles. The summed E-state index contributed by atoms with van der Waals surface area (Å²) in [7, 11) is 1.59. The van der Waals surface area contributed by atoms with Gasteiger partial charge in [0.15, 0.2) is 5.54 Å². The minimum absolute atomic E-state index is 0.0649. The lowest BCUT2D eigenvalue weighted by molar-refractivity contribution is -0.109. The highest BCUT2D eigenvalue weighted by Gasteiger charge is 2.42. The zero-order valence-electron chi connectivity index (χ0n) is 18.2. The number of ether oxygens (including phenoxy) is 2. The van der Waals surface area contributed by atoms with E-state index in [1.165, 1.54) is 24.3 Å². The third-order valence-corrected chi connectivity index (χ3v) is 6.50. The van der Waals surface area contributed by atoms with Gasteiger partial charge in [-0.15, -0.1) is 0 Å². The van der Waals surface area contributed by atoms with Crippen LogP contribution in [0.3, 0.4) is 0 Å². The highest BCUT2D eigenvalue weighted by Crippen LogP contribution is 2.40. The summed E-state index contributed by atoms with van der Waals surface area (Å²) < 4.78 is 40.6. The minimum atomic E-state index is -1.08. The SMILES string of the molecule is COc1ccc(C2(c3cc(F)cc(Br)c3)COC(NC(C=O)c3cc(F)cc(Br)c3)=N2)cc1C. The van der Waals surface area contributed by atoms with Gasteiger partial charge in [0.05, 0.1) is 7.11 Å². The van der Waals surface area contributed by atoms with Crippen LogP contribution in [0.5, 0.6) is 5.75 Å². The van der Waals surface area contributed by atoms with Gasteiger partial charge < -0.3 is 19.6 Å². The van der Waals surface area contributed by atoms with Crippen molar-refractivity contribution < 1.29 is 23.0 Å². The normalized spacial score (nSPS) is 18.1. The van der Waals surface area contributed by atoms with Gasteiger partial charge in [0.25, 0.3) is 6.02 Å². The smallest absolute Gasteiger partial charge is 0.286 e. The van der Waals surface area contributed by atoms with Crippen LogP contribution in [0.1, 0.15) is 28.3 Å². The second-order valence-corrected chi connectivity index (χ2v) is 9.70. The molecule has 3 aromatic rings. The molecule has 1 aliphatic rings. The summed E-state index contributed by atoms with van der Waals surface area (Å²) in [6, 6.07) is 13.5. The van der Waals surface area contributed by atoms with E-state index < -0.39 is 23.2 Å². The summed E-state index contributed by atoms with van der Waals surface area (Å²) in [6.07, 6.45) is 0.642. The molecule has 2 unspecified atom stereocenters. The van der Waals surface area contributed by atoms with Crippen molar-refractivity contribution in [3.05, 3.63) is 97.4 Å². The molecule has 9 heteroatoms. The van der Waals surface area contributed by atoms with Crippen LogP contribution in [0, 0.1) is 18.6 Å². The van der Waals surface area contributed by atoms with E-state index in [-0.39, 0.29) is 12.6 Å². The van der Waals surface area contributed by atoms with Crippen LogP contribution in [0.25, 0.3) is 0 Å². The Morgan fingerprint density at radius 1 is 1.06 bits per heavy atom. The van der Waals surface area contributed by atoms with E-state index in [0.717, 1.165) is 11.1 Å². The number of aldehydes is 1. The molecule has 0 amide bonds. The van der Waals surface area contributed by atoms with Crippen LogP contribution in [0.2, 0.25) is 0 Å². The van der Waals surface area contributed by atoms with Crippen molar-refractivity contribution in [1.82, 2.24) is 5.32 Å². The number of rotatable bonds is 6. The Kier molecular flexibility index (Phi) is 7.04. The second-order valence-electron chi connectivity index (χ2n) is 7.87. The van der Waals surface area contributed by atoms with Gasteiger partial charge in [0.1, 0.15) is 36.3 Å². The number of benzene rings is 3. The average molecular weight is 594 g/mol. The number of carbonyl (C=O) groups is 1. The average Bonchev–Trinajstić information content (AvgIpc) is 3.21. The molecular formula is C25H20Br2F2N2O3. The van der Waals surface area contributed by atoms with Crippen molar-refractivity contribution in [3.8, 4) is 5.75 Å². The number of hydrogen-bond donors (Lipinski definition) is 1. The molecule has 1 aliphatic heterocycles. The number of hydrogen-bond acceptors (Lipinski definition) is 5. The Bertz CT molecular complexity index is 1240. The summed E-state index contributed by atoms with van der Waals surface area (Å²) in [5, 5.41) is 2.94. The Morgan fingerprint density at radius 2 is 1.76 bits per heavy atom. The maximum atomic E-state index is 14.4. The van der Waals surface area contributed by atoms with Crippen LogP contribution in [0.15, 0.2) is 68.5 Å². The van der Waals surface area contributed by atoms with Crippen LogP contribution in [-0.2, 0) is 15.1 Å². The summed E-state index contributed by atoms with van der Waals surface area (Å²) in [5.41, 5.74) is 1.52. The highest BCUT2D eigenvalue weighted by atomic mass is 79.9. The molecule has 34 heavy (non-hydrogen) atoms. The number of aliphatic imine (C=N–C) groups is 1. The molecule has 3 aromatic carbocycles. The van der Waals surface area contributed by atoms with Gasteiger partial charge in [-0.3, -0.25) is 0 Å². The summed E-state index contributed by atoms with van der Waals surface area (Å²) >= 11 is 6.59. The van der Waals surface area contributed by atoms with Crippen LogP contribution in [0.4, 0.5) is 8.78 Å². The van der Waals surface area contributed by atoms with E-state index in [1.54, 1.807) is 19.2 Å². The van der Waals surface area contributed by atoms with Gasteiger partial charge in [-0.1, -0.05) is 37.9 Å². The number of nitrogens with one attached hydrogen (secondary N) is 1. The molecule has 176 valence electrons. The predicted octanol–water partition coefficient (Wildman–Crippen LogP) is 5.97. The molecule has 0 radical (unpaired) electrons. The van der Waals surface area contributed by atoms with Crippen molar-refractivity contribution in [3.63, 3.8) is 0 Å².